The van der Waals surface area contributed by atoms with E-state index in [4.69, 9.17) is 9.47 Å². The van der Waals surface area contributed by atoms with Crippen LogP contribution in [0.2, 0.25) is 0 Å². The summed E-state index contributed by atoms with van der Waals surface area (Å²) in [6, 6.07) is 0. The Bertz CT molecular complexity index is 261. The van der Waals surface area contributed by atoms with Gasteiger partial charge in [0.15, 0.2) is 0 Å². The lowest BCUT2D eigenvalue weighted by atomic mass is 9.93. The highest BCUT2D eigenvalue weighted by atomic mass is 16.6. The molecule has 0 spiro atoms. The number of ether oxygens (including phenoxy) is 2. The minimum atomic E-state index is -0.347. The molecule has 92 valence electrons. The van der Waals surface area contributed by atoms with E-state index in [1.54, 1.807) is 0 Å². The first-order chi connectivity index (χ1) is 7.47. The summed E-state index contributed by atoms with van der Waals surface area (Å²) in [5.41, 5.74) is -0.347. The second kappa shape index (κ2) is 4.36. The summed E-state index contributed by atoms with van der Waals surface area (Å²) in [5, 5.41) is 0. The second-order valence-corrected chi connectivity index (χ2v) is 5.99. The zero-order valence-corrected chi connectivity index (χ0v) is 10.5. The first kappa shape index (κ1) is 11.9. The summed E-state index contributed by atoms with van der Waals surface area (Å²) in [6.07, 6.45) is 3.26. The molecule has 1 unspecified atom stereocenters. The smallest absolute Gasteiger partial charge is 0.309 e. The molecule has 0 aromatic heterocycles. The number of rotatable bonds is 2. The van der Waals surface area contributed by atoms with Crippen molar-refractivity contribution >= 4 is 5.97 Å². The van der Waals surface area contributed by atoms with Crippen molar-refractivity contribution in [2.24, 2.45) is 17.8 Å². The Morgan fingerprint density at radius 2 is 1.88 bits per heavy atom. The molecule has 2 fully saturated rings. The van der Waals surface area contributed by atoms with E-state index in [0.717, 1.165) is 32.5 Å². The van der Waals surface area contributed by atoms with E-state index < -0.39 is 0 Å². The molecule has 0 amide bonds. The number of hydrogen-bond donors (Lipinski definition) is 0. The summed E-state index contributed by atoms with van der Waals surface area (Å²) >= 11 is 0. The second-order valence-electron chi connectivity index (χ2n) is 5.99. The summed E-state index contributed by atoms with van der Waals surface area (Å²) in [4.78, 5) is 11.8. The molecule has 0 bridgehead atoms. The average molecular weight is 226 g/mol. The van der Waals surface area contributed by atoms with Crippen molar-refractivity contribution in [2.45, 2.75) is 45.6 Å². The number of hydrogen-bond acceptors (Lipinski definition) is 3. The minimum Gasteiger partial charge on any atom is -0.460 e. The molecule has 1 saturated heterocycles. The van der Waals surface area contributed by atoms with Crippen LogP contribution in [0.25, 0.3) is 0 Å². The molecule has 0 aromatic carbocycles. The quantitative estimate of drug-likeness (QED) is 0.678. The van der Waals surface area contributed by atoms with Crippen molar-refractivity contribution in [3.8, 4) is 0 Å². The van der Waals surface area contributed by atoms with E-state index in [1.807, 2.05) is 20.8 Å². The molecular weight excluding hydrogens is 204 g/mol. The fraction of sp³-hybridized carbons (Fsp3) is 0.923. The molecule has 1 heterocycles. The SMILES string of the molecule is CC(C)(C)OC(=O)[C@@H]1CC1C1CCOCC1. The Morgan fingerprint density at radius 3 is 2.44 bits per heavy atom. The maximum Gasteiger partial charge on any atom is 0.309 e. The van der Waals surface area contributed by atoms with Crippen LogP contribution in [0.5, 0.6) is 0 Å². The van der Waals surface area contributed by atoms with Crippen LogP contribution in [0.4, 0.5) is 0 Å². The lowest BCUT2D eigenvalue weighted by Crippen LogP contribution is -2.26. The van der Waals surface area contributed by atoms with Gasteiger partial charge in [0, 0.05) is 13.2 Å². The van der Waals surface area contributed by atoms with Gasteiger partial charge in [0.2, 0.25) is 0 Å². The van der Waals surface area contributed by atoms with Gasteiger partial charge in [-0.1, -0.05) is 0 Å². The van der Waals surface area contributed by atoms with Gasteiger partial charge in [-0.3, -0.25) is 4.79 Å². The molecule has 0 aromatic rings. The number of esters is 1. The van der Waals surface area contributed by atoms with Crippen LogP contribution in [-0.2, 0) is 14.3 Å². The van der Waals surface area contributed by atoms with Crippen LogP contribution < -0.4 is 0 Å². The van der Waals surface area contributed by atoms with Crippen LogP contribution in [0.15, 0.2) is 0 Å². The molecule has 0 N–H and O–H groups in total. The molecule has 16 heavy (non-hydrogen) atoms. The standard InChI is InChI=1S/C13H22O3/c1-13(2,3)16-12(14)11-8-10(11)9-4-6-15-7-5-9/h9-11H,4-8H2,1-3H3/t10?,11-/m1/s1. The minimum absolute atomic E-state index is 0.00370. The van der Waals surface area contributed by atoms with E-state index >= 15 is 0 Å². The molecule has 2 atom stereocenters. The lowest BCUT2D eigenvalue weighted by Gasteiger charge is -2.23. The predicted molar refractivity (Wildman–Crippen MR) is 61.0 cm³/mol. The van der Waals surface area contributed by atoms with Crippen molar-refractivity contribution in [3.05, 3.63) is 0 Å². The Labute approximate surface area is 97.5 Å². The van der Waals surface area contributed by atoms with E-state index in [2.05, 4.69) is 0 Å². The molecule has 0 radical (unpaired) electrons. The van der Waals surface area contributed by atoms with Crippen LogP contribution in [0, 0.1) is 17.8 Å². The van der Waals surface area contributed by atoms with Gasteiger partial charge in [0.25, 0.3) is 0 Å². The van der Waals surface area contributed by atoms with Gasteiger partial charge < -0.3 is 9.47 Å². The first-order valence-electron chi connectivity index (χ1n) is 6.28. The van der Waals surface area contributed by atoms with Crippen LogP contribution in [-0.4, -0.2) is 24.8 Å². The van der Waals surface area contributed by atoms with Gasteiger partial charge in [-0.2, -0.15) is 0 Å². The van der Waals surface area contributed by atoms with E-state index in [9.17, 15) is 4.79 Å². The topological polar surface area (TPSA) is 35.5 Å². The third-order valence-corrected chi connectivity index (χ3v) is 3.42. The van der Waals surface area contributed by atoms with Crippen molar-refractivity contribution < 1.29 is 14.3 Å². The molecule has 3 heteroatoms. The molecule has 2 aliphatic rings. The largest absolute Gasteiger partial charge is 0.460 e. The van der Waals surface area contributed by atoms with Crippen LogP contribution >= 0.6 is 0 Å². The lowest BCUT2D eigenvalue weighted by molar-refractivity contribution is -0.157. The van der Waals surface area contributed by atoms with E-state index in [-0.39, 0.29) is 17.5 Å². The average Bonchev–Trinajstić information content (AvgIpc) is 2.96. The van der Waals surface area contributed by atoms with Gasteiger partial charge in [-0.25, -0.2) is 0 Å². The van der Waals surface area contributed by atoms with Crippen LogP contribution in [0.3, 0.4) is 0 Å². The Morgan fingerprint density at radius 1 is 1.25 bits per heavy atom. The predicted octanol–water partition coefficient (Wildman–Crippen LogP) is 2.39. The maximum absolute atomic E-state index is 11.8. The Kier molecular flexibility index (Phi) is 3.24. The van der Waals surface area contributed by atoms with Gasteiger partial charge in [-0.05, 0) is 51.9 Å². The number of carbonyl (C=O) groups is 1. The van der Waals surface area contributed by atoms with Gasteiger partial charge in [-0.15, -0.1) is 0 Å². The monoisotopic (exact) mass is 226 g/mol. The van der Waals surface area contributed by atoms with Crippen molar-refractivity contribution in [1.82, 2.24) is 0 Å². The summed E-state index contributed by atoms with van der Waals surface area (Å²) < 4.78 is 10.8. The first-order valence-corrected chi connectivity index (χ1v) is 6.28. The molecular formula is C13H22O3. The Balaban J connectivity index is 1.79. The maximum atomic E-state index is 11.8. The highest BCUT2D eigenvalue weighted by molar-refractivity contribution is 5.76. The molecule has 3 nitrogen and oxygen atoms in total. The molecule has 1 aliphatic carbocycles. The molecule has 1 aliphatic heterocycles. The fourth-order valence-corrected chi connectivity index (χ4v) is 2.53. The molecule has 2 rings (SSSR count). The van der Waals surface area contributed by atoms with Crippen molar-refractivity contribution in [3.63, 3.8) is 0 Å². The van der Waals surface area contributed by atoms with Gasteiger partial charge >= 0.3 is 5.97 Å². The summed E-state index contributed by atoms with van der Waals surface area (Å²) in [6.45, 7) is 7.51. The third kappa shape index (κ3) is 2.97. The highest BCUT2D eigenvalue weighted by Gasteiger charge is 2.49. The van der Waals surface area contributed by atoms with Crippen molar-refractivity contribution in [2.75, 3.05) is 13.2 Å². The normalized spacial score (nSPS) is 31.2. The highest BCUT2D eigenvalue weighted by Crippen LogP contribution is 2.48. The van der Waals surface area contributed by atoms with Crippen molar-refractivity contribution in [1.29, 1.82) is 0 Å². The van der Waals surface area contributed by atoms with Crippen LogP contribution in [0.1, 0.15) is 40.0 Å². The van der Waals surface area contributed by atoms with E-state index in [1.165, 1.54) is 0 Å². The summed E-state index contributed by atoms with van der Waals surface area (Å²) in [7, 11) is 0. The fourth-order valence-electron chi connectivity index (χ4n) is 2.53. The van der Waals surface area contributed by atoms with Gasteiger partial charge in [0.05, 0.1) is 5.92 Å². The molecule has 1 saturated carbocycles. The van der Waals surface area contributed by atoms with E-state index in [0.29, 0.717) is 11.8 Å². The zero-order valence-electron chi connectivity index (χ0n) is 10.5. The summed E-state index contributed by atoms with van der Waals surface area (Å²) in [5.74, 6) is 1.43. The van der Waals surface area contributed by atoms with Gasteiger partial charge in [0.1, 0.15) is 5.60 Å². The zero-order chi connectivity index (χ0) is 11.8. The Hall–Kier alpha value is -0.570. The number of carbonyl (C=O) groups excluding carboxylic acids is 1. The third-order valence-electron chi connectivity index (χ3n) is 3.42.